The number of ether oxygens (including phenoxy) is 2. The van der Waals surface area contributed by atoms with Gasteiger partial charge in [-0.3, -0.25) is 23.7 Å². The molecule has 1 unspecified atom stereocenters. The van der Waals surface area contributed by atoms with Gasteiger partial charge in [-0.1, -0.05) is 4.98 Å². The van der Waals surface area contributed by atoms with Crippen LogP contribution in [0.1, 0.15) is 13.2 Å². The van der Waals surface area contributed by atoms with E-state index in [0.717, 1.165) is 0 Å². The molecule has 0 aromatic carbocycles. The molecule has 0 spiro atoms. The molecule has 1 amide bonds. The summed E-state index contributed by atoms with van der Waals surface area (Å²) in [5, 5.41) is 2.60. The summed E-state index contributed by atoms with van der Waals surface area (Å²) in [6.45, 7) is 0.625. The van der Waals surface area contributed by atoms with E-state index in [2.05, 4.69) is 19.6 Å². The Morgan fingerprint density at radius 1 is 1.41 bits per heavy atom. The van der Waals surface area contributed by atoms with Crippen LogP contribution in [0.4, 0.5) is 5.95 Å². The van der Waals surface area contributed by atoms with Gasteiger partial charge in [0.05, 0.1) is 19.8 Å². The number of phosphoric acid groups is 2. The number of nitrogens with zero attached hydrogens (tertiary/aromatic N) is 3. The lowest BCUT2D eigenvalue weighted by Gasteiger charge is -2.22. The van der Waals surface area contributed by atoms with Crippen molar-refractivity contribution in [1.29, 1.82) is 0 Å². The van der Waals surface area contributed by atoms with Crippen molar-refractivity contribution < 1.29 is 51.5 Å². The second-order valence-corrected chi connectivity index (χ2v) is 10.3. The second kappa shape index (κ2) is 9.81. The highest BCUT2D eigenvalue weighted by molar-refractivity contribution is 7.60. The number of anilines is 1. The molecule has 19 heteroatoms. The molecule has 0 saturated carbocycles. The van der Waals surface area contributed by atoms with Gasteiger partial charge in [0.15, 0.2) is 6.33 Å². The van der Waals surface area contributed by atoms with Crippen LogP contribution in [0.2, 0.25) is 0 Å². The number of hydrogen-bond acceptors (Lipinski definition) is 10. The van der Waals surface area contributed by atoms with Gasteiger partial charge >= 0.3 is 21.3 Å². The van der Waals surface area contributed by atoms with Crippen LogP contribution in [0, 0.1) is 5.92 Å². The summed E-state index contributed by atoms with van der Waals surface area (Å²) >= 11 is 0. The lowest BCUT2D eigenvalue weighted by atomic mass is 9.98. The summed E-state index contributed by atoms with van der Waals surface area (Å²) in [6.07, 6.45) is -1.27. The molecule has 2 aromatic rings. The van der Waals surface area contributed by atoms with Crippen molar-refractivity contribution in [3.63, 3.8) is 0 Å². The summed E-state index contributed by atoms with van der Waals surface area (Å²) in [7, 11) is -7.51. The van der Waals surface area contributed by atoms with E-state index in [1.54, 1.807) is 7.05 Å². The molecule has 190 valence electrons. The average molecular weight is 527 g/mol. The van der Waals surface area contributed by atoms with E-state index in [4.69, 9.17) is 29.5 Å². The number of rotatable bonds is 9. The van der Waals surface area contributed by atoms with Gasteiger partial charge in [-0.25, -0.2) is 13.7 Å². The normalized spacial score (nSPS) is 24.9. The highest BCUT2D eigenvalue weighted by atomic mass is 31.3. The van der Waals surface area contributed by atoms with Crippen molar-refractivity contribution in [2.24, 2.45) is 13.0 Å². The Hall–Kier alpha value is -2.20. The van der Waals surface area contributed by atoms with Crippen molar-refractivity contribution in [2.75, 3.05) is 26.0 Å². The molecule has 1 aliphatic heterocycles. The summed E-state index contributed by atoms with van der Waals surface area (Å²) in [5.41, 5.74) is 5.53. The molecule has 0 aliphatic carbocycles. The highest BCUT2D eigenvalue weighted by Crippen LogP contribution is 2.57. The zero-order valence-electron chi connectivity index (χ0n) is 18.2. The molecule has 1 aliphatic rings. The van der Waals surface area contributed by atoms with Gasteiger partial charge in [0.1, 0.15) is 6.10 Å². The van der Waals surface area contributed by atoms with Crippen LogP contribution in [-0.4, -0.2) is 67.6 Å². The number of nitrogen functional groups attached to an aromatic ring is 1. The van der Waals surface area contributed by atoms with Gasteiger partial charge in [-0.15, -0.1) is 0 Å². The van der Waals surface area contributed by atoms with Crippen molar-refractivity contribution in [3.05, 3.63) is 16.7 Å². The highest BCUT2D eigenvalue weighted by Gasteiger charge is 2.49. The Morgan fingerprint density at radius 3 is 2.68 bits per heavy atom. The summed E-state index contributed by atoms with van der Waals surface area (Å²) in [6, 6.07) is 0. The number of aromatic amines is 1. The zero-order valence-corrected chi connectivity index (χ0v) is 20.0. The van der Waals surface area contributed by atoms with Gasteiger partial charge in [0.25, 0.3) is 11.5 Å². The van der Waals surface area contributed by atoms with Crippen LogP contribution in [0.25, 0.3) is 11.2 Å². The number of nitrogens with one attached hydrogen (secondary N) is 2. The molecule has 5 atom stereocenters. The number of H-pyrrole nitrogens is 1. The SMILES string of the molecule is CO[C@@H]1[C@H](CNC(C)=O)[C@@H](COP(=O)(O)OP(=O)(O)O)O[C@H]1[n+]1cn(C)c2c(=O)[nH]c(N)nc21. The van der Waals surface area contributed by atoms with Gasteiger partial charge in [-0.05, 0) is 0 Å². The molecular weight excluding hydrogens is 502 g/mol. The fraction of sp³-hybridized carbons (Fsp3) is 0.600. The number of aryl methyl sites for hydroxylation is 1. The molecule has 2 aromatic heterocycles. The number of nitrogens with two attached hydrogens (primary N) is 1. The van der Waals surface area contributed by atoms with Crippen LogP contribution in [0.5, 0.6) is 0 Å². The molecule has 0 radical (unpaired) electrons. The number of imidazole rings is 1. The molecular formula is C15H25N6O11P2+. The predicted octanol–water partition coefficient (Wildman–Crippen LogP) is -1.98. The third-order valence-corrected chi connectivity index (χ3v) is 7.18. The maximum Gasteiger partial charge on any atom is 0.481 e. The molecule has 3 heterocycles. The van der Waals surface area contributed by atoms with Crippen LogP contribution >= 0.6 is 15.6 Å². The van der Waals surface area contributed by atoms with Crippen molar-refractivity contribution in [3.8, 4) is 0 Å². The maximum absolute atomic E-state index is 12.3. The van der Waals surface area contributed by atoms with E-state index in [-0.39, 0.29) is 29.6 Å². The molecule has 0 bridgehead atoms. The maximum atomic E-state index is 12.3. The van der Waals surface area contributed by atoms with Gasteiger partial charge in [-0.2, -0.15) is 4.31 Å². The number of phosphoric ester groups is 1. The molecule has 1 saturated heterocycles. The van der Waals surface area contributed by atoms with Crippen molar-refractivity contribution in [1.82, 2.24) is 19.9 Å². The number of amides is 1. The third kappa shape index (κ3) is 5.89. The third-order valence-electron chi connectivity index (χ3n) is 5.03. The topological polar surface area (TPSA) is 241 Å². The quantitative estimate of drug-likeness (QED) is 0.153. The molecule has 3 rings (SSSR count). The Balaban J connectivity index is 1.96. The first kappa shape index (κ1) is 26.4. The van der Waals surface area contributed by atoms with Crippen LogP contribution < -0.4 is 21.2 Å². The van der Waals surface area contributed by atoms with Crippen molar-refractivity contribution >= 4 is 38.7 Å². The van der Waals surface area contributed by atoms with E-state index < -0.39 is 52.2 Å². The monoisotopic (exact) mass is 527 g/mol. The number of hydrogen-bond donors (Lipinski definition) is 6. The van der Waals surface area contributed by atoms with Crippen LogP contribution in [0.3, 0.4) is 0 Å². The Labute approximate surface area is 191 Å². The largest absolute Gasteiger partial charge is 0.481 e. The minimum absolute atomic E-state index is 0.00504. The lowest BCUT2D eigenvalue weighted by Crippen LogP contribution is -2.47. The average Bonchev–Trinajstić information content (AvgIpc) is 3.19. The summed E-state index contributed by atoms with van der Waals surface area (Å²) in [5.74, 6) is -1.18. The Bertz CT molecular complexity index is 1230. The van der Waals surface area contributed by atoms with Crippen molar-refractivity contribution in [2.45, 2.75) is 25.4 Å². The molecule has 1 fully saturated rings. The zero-order chi connectivity index (χ0) is 25.4. The van der Waals surface area contributed by atoms with Crippen LogP contribution in [-0.2, 0) is 39.3 Å². The number of carbonyl (C=O) groups is 1. The molecule has 7 N–H and O–H groups in total. The predicted molar refractivity (Wildman–Crippen MR) is 112 cm³/mol. The molecule has 34 heavy (non-hydrogen) atoms. The Morgan fingerprint density at radius 2 is 2.09 bits per heavy atom. The fourth-order valence-electron chi connectivity index (χ4n) is 3.75. The number of carbonyl (C=O) groups excluding carboxylic acids is 1. The first-order valence-electron chi connectivity index (χ1n) is 9.65. The summed E-state index contributed by atoms with van der Waals surface area (Å²) < 4.78 is 45.9. The van der Waals surface area contributed by atoms with E-state index in [9.17, 15) is 23.6 Å². The Kier molecular flexibility index (Phi) is 7.62. The van der Waals surface area contributed by atoms with Gasteiger partial charge in [0, 0.05) is 26.5 Å². The van der Waals surface area contributed by atoms with Gasteiger partial charge < -0.3 is 35.2 Å². The standard InChI is InChI=1S/C15H24N6O11P2/c1-7(22)17-4-8-9(5-30-34(27,28)32-33(24,25)26)31-14(11(8)29-3)21-6-20(2)10-12(21)18-15(16)19-13(10)23/h6,8-9,11,14H,4-5H2,1-3H3,(H6-,16,17,18,19,22,23,24,25,26,27,28)/p+1/t8-,9-,11-,14-/m1/s1. The van der Waals surface area contributed by atoms with E-state index in [1.807, 2.05) is 0 Å². The van der Waals surface area contributed by atoms with E-state index >= 15 is 0 Å². The second-order valence-electron chi connectivity index (χ2n) is 7.46. The minimum atomic E-state index is -5.32. The van der Waals surface area contributed by atoms with Crippen LogP contribution in [0.15, 0.2) is 11.1 Å². The summed E-state index contributed by atoms with van der Waals surface area (Å²) in [4.78, 5) is 57.6. The first-order valence-corrected chi connectivity index (χ1v) is 12.7. The fourth-order valence-corrected chi connectivity index (χ4v) is 5.35. The number of fused-ring (bicyclic) bond motifs is 1. The lowest BCUT2D eigenvalue weighted by molar-refractivity contribution is -0.746. The minimum Gasteiger partial charge on any atom is -0.375 e. The van der Waals surface area contributed by atoms with E-state index in [1.165, 1.54) is 29.5 Å². The molecule has 17 nitrogen and oxygen atoms in total. The first-order chi connectivity index (χ1) is 15.7. The van der Waals surface area contributed by atoms with E-state index in [0.29, 0.717) is 0 Å². The van der Waals surface area contributed by atoms with Gasteiger partial charge in [0.2, 0.25) is 17.7 Å². The number of aromatic nitrogens is 4. The smallest absolute Gasteiger partial charge is 0.375 e. The number of methoxy groups -OCH3 is 1.